The van der Waals surface area contributed by atoms with E-state index in [2.05, 4.69) is 4.90 Å². The Labute approximate surface area is 85.0 Å². The first-order valence-corrected chi connectivity index (χ1v) is 5.47. The van der Waals surface area contributed by atoms with Crippen LogP contribution in [0.4, 0.5) is 0 Å². The molecule has 2 rings (SSSR count). The summed E-state index contributed by atoms with van der Waals surface area (Å²) in [5.74, 6) is 0.108. The summed E-state index contributed by atoms with van der Waals surface area (Å²) in [6, 6.07) is 0.259. The monoisotopic (exact) mass is 197 g/mol. The molecule has 0 aliphatic carbocycles. The van der Waals surface area contributed by atoms with E-state index in [0.717, 1.165) is 19.6 Å². The van der Waals surface area contributed by atoms with Gasteiger partial charge in [-0.2, -0.15) is 0 Å². The topological polar surface area (TPSA) is 49.6 Å². The normalized spacial score (nSPS) is 30.1. The fraction of sp³-hybridized carbons (Fsp3) is 0.900. The first-order valence-electron chi connectivity index (χ1n) is 5.47. The Morgan fingerprint density at radius 1 is 1.43 bits per heavy atom. The highest BCUT2D eigenvalue weighted by Crippen LogP contribution is 2.21. The van der Waals surface area contributed by atoms with E-state index >= 15 is 0 Å². The lowest BCUT2D eigenvalue weighted by atomic mass is 10.1. The third kappa shape index (κ3) is 1.77. The maximum absolute atomic E-state index is 11.7. The lowest BCUT2D eigenvalue weighted by Crippen LogP contribution is -2.55. The van der Waals surface area contributed by atoms with Gasteiger partial charge < -0.3 is 10.6 Å². The van der Waals surface area contributed by atoms with Crippen molar-refractivity contribution in [1.82, 2.24) is 9.80 Å². The second-order valence-electron chi connectivity index (χ2n) is 4.40. The average molecular weight is 197 g/mol. The van der Waals surface area contributed by atoms with Crippen LogP contribution in [0.2, 0.25) is 0 Å². The van der Waals surface area contributed by atoms with Gasteiger partial charge in [0.25, 0.3) is 0 Å². The molecular formula is C10H19N3O. The van der Waals surface area contributed by atoms with Crippen LogP contribution in [0.25, 0.3) is 0 Å². The van der Waals surface area contributed by atoms with Crippen molar-refractivity contribution < 1.29 is 4.79 Å². The smallest absolute Gasteiger partial charge is 0.239 e. The van der Waals surface area contributed by atoms with E-state index in [1.807, 2.05) is 4.90 Å². The van der Waals surface area contributed by atoms with Crippen LogP contribution < -0.4 is 5.73 Å². The van der Waals surface area contributed by atoms with Crippen molar-refractivity contribution in [2.75, 3.05) is 26.2 Å². The van der Waals surface area contributed by atoms with Gasteiger partial charge in [-0.05, 0) is 26.3 Å². The second-order valence-corrected chi connectivity index (χ2v) is 4.40. The first kappa shape index (κ1) is 9.93. The molecule has 2 aliphatic rings. The molecule has 80 valence electrons. The number of carbonyl (C=O) groups is 1. The first-order chi connectivity index (χ1) is 6.68. The van der Waals surface area contributed by atoms with E-state index in [4.69, 9.17) is 5.73 Å². The predicted molar refractivity (Wildman–Crippen MR) is 54.8 cm³/mol. The van der Waals surface area contributed by atoms with Crippen molar-refractivity contribution in [3.05, 3.63) is 0 Å². The standard InChI is InChI=1S/C10H19N3O/c1-8(11)10(14)13-6-5-12-4-2-3-9(12)7-13/h8-9H,2-7,11H2,1H3/t8-,9-/m0/s1. The number of nitrogens with two attached hydrogens (primary N) is 1. The second kappa shape index (κ2) is 3.87. The minimum Gasteiger partial charge on any atom is -0.339 e. The SMILES string of the molecule is C[C@H](N)C(=O)N1CCN2CCC[C@H]2C1. The Balaban J connectivity index is 1.94. The molecule has 0 radical (unpaired) electrons. The highest BCUT2D eigenvalue weighted by Gasteiger charge is 2.32. The Kier molecular flexibility index (Phi) is 2.74. The third-order valence-electron chi connectivity index (χ3n) is 3.29. The van der Waals surface area contributed by atoms with Crippen LogP contribution >= 0.6 is 0 Å². The van der Waals surface area contributed by atoms with Gasteiger partial charge in [0.05, 0.1) is 6.04 Å². The minimum atomic E-state index is -0.344. The number of carbonyl (C=O) groups excluding carboxylic acids is 1. The van der Waals surface area contributed by atoms with Crippen molar-refractivity contribution in [2.45, 2.75) is 31.8 Å². The van der Waals surface area contributed by atoms with E-state index < -0.39 is 0 Å². The van der Waals surface area contributed by atoms with E-state index in [9.17, 15) is 4.79 Å². The molecule has 14 heavy (non-hydrogen) atoms. The van der Waals surface area contributed by atoms with Crippen LogP contribution in [0.15, 0.2) is 0 Å². The summed E-state index contributed by atoms with van der Waals surface area (Å²) in [5, 5.41) is 0. The quantitative estimate of drug-likeness (QED) is 0.624. The van der Waals surface area contributed by atoms with E-state index in [1.54, 1.807) is 6.92 Å². The maximum Gasteiger partial charge on any atom is 0.239 e. The van der Waals surface area contributed by atoms with Crippen molar-refractivity contribution >= 4 is 5.91 Å². The Morgan fingerprint density at radius 2 is 2.21 bits per heavy atom. The molecule has 1 amide bonds. The third-order valence-corrected chi connectivity index (χ3v) is 3.29. The van der Waals surface area contributed by atoms with Crippen molar-refractivity contribution in [2.24, 2.45) is 5.73 Å². The Morgan fingerprint density at radius 3 is 2.93 bits per heavy atom. The highest BCUT2D eigenvalue weighted by atomic mass is 16.2. The van der Waals surface area contributed by atoms with Gasteiger partial charge in [0.15, 0.2) is 0 Å². The maximum atomic E-state index is 11.7. The Bertz CT molecular complexity index is 229. The summed E-state index contributed by atoms with van der Waals surface area (Å²) in [7, 11) is 0. The molecule has 0 aromatic rings. The van der Waals surface area contributed by atoms with Crippen molar-refractivity contribution in [3.63, 3.8) is 0 Å². The van der Waals surface area contributed by atoms with E-state index in [-0.39, 0.29) is 11.9 Å². The van der Waals surface area contributed by atoms with Gasteiger partial charge in [-0.3, -0.25) is 9.69 Å². The van der Waals surface area contributed by atoms with Gasteiger partial charge in [0, 0.05) is 25.7 Å². The van der Waals surface area contributed by atoms with Crippen molar-refractivity contribution in [1.29, 1.82) is 0 Å². The van der Waals surface area contributed by atoms with Gasteiger partial charge in [-0.25, -0.2) is 0 Å². The lowest BCUT2D eigenvalue weighted by Gasteiger charge is -2.38. The molecule has 4 heteroatoms. The average Bonchev–Trinajstić information content (AvgIpc) is 2.62. The molecule has 0 bridgehead atoms. The van der Waals surface area contributed by atoms with Gasteiger partial charge in [0.1, 0.15) is 0 Å². The summed E-state index contributed by atoms with van der Waals surface area (Å²) >= 11 is 0. The van der Waals surface area contributed by atoms with Crippen molar-refractivity contribution in [3.8, 4) is 0 Å². The Hall–Kier alpha value is -0.610. The van der Waals surface area contributed by atoms with Gasteiger partial charge in [0.2, 0.25) is 5.91 Å². The van der Waals surface area contributed by atoms with Crippen LogP contribution in [-0.2, 0) is 4.79 Å². The molecule has 2 heterocycles. The number of piperazine rings is 1. The number of fused-ring (bicyclic) bond motifs is 1. The van der Waals surface area contributed by atoms with E-state index in [0.29, 0.717) is 6.04 Å². The molecule has 0 aromatic carbocycles. The molecule has 0 aromatic heterocycles. The summed E-state index contributed by atoms with van der Waals surface area (Å²) in [6.07, 6.45) is 2.52. The van der Waals surface area contributed by atoms with Crippen LogP contribution in [0.1, 0.15) is 19.8 Å². The molecule has 4 nitrogen and oxygen atoms in total. The summed E-state index contributed by atoms with van der Waals surface area (Å²) in [4.78, 5) is 16.1. The van der Waals surface area contributed by atoms with Gasteiger partial charge in [-0.1, -0.05) is 0 Å². The number of hydrogen-bond donors (Lipinski definition) is 1. The molecular weight excluding hydrogens is 178 g/mol. The zero-order chi connectivity index (χ0) is 10.1. The summed E-state index contributed by atoms with van der Waals surface area (Å²) < 4.78 is 0. The molecule has 2 fully saturated rings. The highest BCUT2D eigenvalue weighted by molar-refractivity contribution is 5.81. The fourth-order valence-electron chi connectivity index (χ4n) is 2.48. The molecule has 2 aliphatic heterocycles. The van der Waals surface area contributed by atoms with Crippen LogP contribution in [0, 0.1) is 0 Å². The summed E-state index contributed by atoms with van der Waals surface area (Å²) in [5.41, 5.74) is 5.60. The molecule has 2 atom stereocenters. The van der Waals surface area contributed by atoms with E-state index in [1.165, 1.54) is 19.4 Å². The minimum absolute atomic E-state index is 0.108. The van der Waals surface area contributed by atoms with Crippen LogP contribution in [0.3, 0.4) is 0 Å². The largest absolute Gasteiger partial charge is 0.339 e. The molecule has 0 spiro atoms. The van der Waals surface area contributed by atoms with Crippen LogP contribution in [-0.4, -0.2) is 54.0 Å². The summed E-state index contributed by atoms with van der Waals surface area (Å²) in [6.45, 7) is 5.76. The fourth-order valence-corrected chi connectivity index (χ4v) is 2.48. The predicted octanol–water partition coefficient (Wildman–Crippen LogP) is -0.360. The molecule has 0 saturated carbocycles. The lowest BCUT2D eigenvalue weighted by molar-refractivity contribution is -0.134. The number of hydrogen-bond acceptors (Lipinski definition) is 3. The molecule has 0 unspecified atom stereocenters. The zero-order valence-electron chi connectivity index (χ0n) is 8.78. The van der Waals surface area contributed by atoms with Gasteiger partial charge in [-0.15, -0.1) is 0 Å². The molecule has 2 saturated heterocycles. The van der Waals surface area contributed by atoms with Gasteiger partial charge >= 0.3 is 0 Å². The van der Waals surface area contributed by atoms with Crippen LogP contribution in [0.5, 0.6) is 0 Å². The number of amides is 1. The molecule has 2 N–H and O–H groups in total. The number of rotatable bonds is 1. The number of nitrogens with zero attached hydrogens (tertiary/aromatic N) is 2. The zero-order valence-corrected chi connectivity index (χ0v) is 8.78.